The zero-order valence-corrected chi connectivity index (χ0v) is 14.4. The molecule has 0 unspecified atom stereocenters. The average molecular weight is 342 g/mol. The monoisotopic (exact) mass is 342 g/mol. The first-order valence-electron chi connectivity index (χ1n) is 8.26. The molecule has 0 radical (unpaired) electrons. The summed E-state index contributed by atoms with van der Waals surface area (Å²) in [6, 6.07) is 4.06. The van der Waals surface area contributed by atoms with E-state index >= 15 is 0 Å². The summed E-state index contributed by atoms with van der Waals surface area (Å²) in [4.78, 5) is 23.6. The van der Waals surface area contributed by atoms with Crippen molar-refractivity contribution in [1.29, 1.82) is 0 Å². The number of aromatic nitrogens is 2. The first-order chi connectivity index (χ1) is 11.9. The van der Waals surface area contributed by atoms with Crippen LogP contribution in [-0.4, -0.2) is 57.2 Å². The summed E-state index contributed by atoms with van der Waals surface area (Å²) in [6.07, 6.45) is 2.69. The summed E-state index contributed by atoms with van der Waals surface area (Å²) < 4.78 is 0. The van der Waals surface area contributed by atoms with Crippen molar-refractivity contribution in [3.63, 3.8) is 0 Å². The summed E-state index contributed by atoms with van der Waals surface area (Å²) >= 11 is 0. The van der Waals surface area contributed by atoms with Crippen LogP contribution in [0.3, 0.4) is 0 Å². The van der Waals surface area contributed by atoms with Gasteiger partial charge in [0, 0.05) is 45.1 Å². The fraction of sp³-hybridized carbons (Fsp3) is 0.389. The Balaban J connectivity index is 1.59. The van der Waals surface area contributed by atoms with Gasteiger partial charge in [0.15, 0.2) is 0 Å². The fourth-order valence-corrected chi connectivity index (χ4v) is 3.10. The standard InChI is InChI=1S/C18H22N4O3/c1-12-7-14(8-13(2)16(12)23)11-21-3-5-22(6-4-21)18-19-9-15(10-20-18)17(24)25/h7-10,23H,3-6,11H2,1-2H3,(H,24,25). The Morgan fingerprint density at radius 2 is 1.64 bits per heavy atom. The summed E-state index contributed by atoms with van der Waals surface area (Å²) in [7, 11) is 0. The van der Waals surface area contributed by atoms with Crippen molar-refractivity contribution in [1.82, 2.24) is 14.9 Å². The number of phenolic OH excluding ortho intramolecular Hbond substituents is 1. The summed E-state index contributed by atoms with van der Waals surface area (Å²) in [6.45, 7) is 8.02. The zero-order valence-electron chi connectivity index (χ0n) is 14.4. The van der Waals surface area contributed by atoms with Gasteiger partial charge in [0.1, 0.15) is 5.75 Å². The Bertz CT molecular complexity index is 745. The molecule has 0 saturated carbocycles. The number of benzene rings is 1. The second-order valence-electron chi connectivity index (χ2n) is 6.42. The highest BCUT2D eigenvalue weighted by molar-refractivity contribution is 5.86. The number of nitrogens with zero attached hydrogens (tertiary/aromatic N) is 4. The van der Waals surface area contributed by atoms with Gasteiger partial charge in [-0.25, -0.2) is 14.8 Å². The summed E-state index contributed by atoms with van der Waals surface area (Å²) in [5.41, 5.74) is 3.10. The Morgan fingerprint density at radius 1 is 1.08 bits per heavy atom. The number of carboxylic acids is 1. The lowest BCUT2D eigenvalue weighted by Crippen LogP contribution is -2.46. The highest BCUT2D eigenvalue weighted by Crippen LogP contribution is 2.24. The van der Waals surface area contributed by atoms with Crippen LogP contribution in [-0.2, 0) is 6.54 Å². The predicted molar refractivity (Wildman–Crippen MR) is 94.1 cm³/mol. The number of aromatic hydroxyl groups is 1. The van der Waals surface area contributed by atoms with E-state index in [1.807, 2.05) is 26.0 Å². The van der Waals surface area contributed by atoms with E-state index < -0.39 is 5.97 Å². The molecule has 0 bridgehead atoms. The van der Waals surface area contributed by atoms with E-state index in [-0.39, 0.29) is 5.56 Å². The number of hydrogen-bond acceptors (Lipinski definition) is 6. The molecule has 1 aromatic heterocycles. The van der Waals surface area contributed by atoms with Crippen molar-refractivity contribution in [3.8, 4) is 5.75 Å². The van der Waals surface area contributed by atoms with Gasteiger partial charge < -0.3 is 15.1 Å². The van der Waals surface area contributed by atoms with Gasteiger partial charge in [-0.1, -0.05) is 12.1 Å². The molecule has 2 aromatic rings. The van der Waals surface area contributed by atoms with Gasteiger partial charge in [0.05, 0.1) is 5.56 Å². The van der Waals surface area contributed by atoms with E-state index in [0.717, 1.165) is 43.9 Å². The van der Waals surface area contributed by atoms with Gasteiger partial charge in [-0.2, -0.15) is 0 Å². The Labute approximate surface area is 146 Å². The molecule has 0 amide bonds. The van der Waals surface area contributed by atoms with Crippen molar-refractivity contribution >= 4 is 11.9 Å². The van der Waals surface area contributed by atoms with Crippen LogP contribution >= 0.6 is 0 Å². The molecule has 1 aromatic carbocycles. The van der Waals surface area contributed by atoms with E-state index in [1.165, 1.54) is 18.0 Å². The van der Waals surface area contributed by atoms with E-state index in [2.05, 4.69) is 19.8 Å². The molecule has 1 aliphatic rings. The summed E-state index contributed by atoms with van der Waals surface area (Å²) in [5.74, 6) is -0.0765. The Kier molecular flexibility index (Phi) is 4.85. The highest BCUT2D eigenvalue weighted by Gasteiger charge is 2.19. The van der Waals surface area contributed by atoms with Crippen LogP contribution in [0.4, 0.5) is 5.95 Å². The van der Waals surface area contributed by atoms with E-state index in [9.17, 15) is 9.90 Å². The molecule has 2 N–H and O–H groups in total. The second kappa shape index (κ2) is 7.06. The van der Waals surface area contributed by atoms with Crippen LogP contribution in [0.15, 0.2) is 24.5 Å². The molecular weight excluding hydrogens is 320 g/mol. The number of aryl methyl sites for hydroxylation is 2. The molecule has 25 heavy (non-hydrogen) atoms. The van der Waals surface area contributed by atoms with E-state index in [0.29, 0.717) is 11.7 Å². The van der Waals surface area contributed by atoms with Crippen LogP contribution in [0.25, 0.3) is 0 Å². The number of hydrogen-bond donors (Lipinski definition) is 2. The minimum Gasteiger partial charge on any atom is -0.507 e. The van der Waals surface area contributed by atoms with E-state index in [1.54, 1.807) is 0 Å². The van der Waals surface area contributed by atoms with Crippen LogP contribution in [0, 0.1) is 13.8 Å². The fourth-order valence-electron chi connectivity index (χ4n) is 3.10. The van der Waals surface area contributed by atoms with Crippen molar-refractivity contribution < 1.29 is 15.0 Å². The topological polar surface area (TPSA) is 89.8 Å². The number of rotatable bonds is 4. The van der Waals surface area contributed by atoms with Gasteiger partial charge in [0.2, 0.25) is 5.95 Å². The van der Waals surface area contributed by atoms with Gasteiger partial charge in [-0.3, -0.25) is 4.90 Å². The maximum Gasteiger partial charge on any atom is 0.338 e. The van der Waals surface area contributed by atoms with Crippen LogP contribution < -0.4 is 4.90 Å². The van der Waals surface area contributed by atoms with Crippen molar-refractivity contribution in [2.45, 2.75) is 20.4 Å². The number of piperazine rings is 1. The number of carboxylic acid groups (broad SMARTS) is 1. The Morgan fingerprint density at radius 3 is 2.16 bits per heavy atom. The molecule has 0 aliphatic carbocycles. The van der Waals surface area contributed by atoms with Crippen molar-refractivity contribution in [2.24, 2.45) is 0 Å². The molecule has 3 rings (SSSR count). The van der Waals surface area contributed by atoms with Crippen LogP contribution in [0.1, 0.15) is 27.0 Å². The summed E-state index contributed by atoms with van der Waals surface area (Å²) in [5, 5.41) is 18.8. The smallest absolute Gasteiger partial charge is 0.338 e. The molecule has 1 aliphatic heterocycles. The van der Waals surface area contributed by atoms with Crippen LogP contribution in [0.2, 0.25) is 0 Å². The normalized spacial score (nSPS) is 15.4. The molecular formula is C18H22N4O3. The average Bonchev–Trinajstić information content (AvgIpc) is 2.60. The quantitative estimate of drug-likeness (QED) is 0.876. The third-order valence-electron chi connectivity index (χ3n) is 4.50. The molecule has 0 spiro atoms. The lowest BCUT2D eigenvalue weighted by atomic mass is 10.1. The molecule has 1 fully saturated rings. The minimum atomic E-state index is -1.02. The largest absolute Gasteiger partial charge is 0.507 e. The third-order valence-corrected chi connectivity index (χ3v) is 4.50. The molecule has 2 heterocycles. The predicted octanol–water partition coefficient (Wildman–Crippen LogP) is 1.82. The number of phenols is 1. The second-order valence-corrected chi connectivity index (χ2v) is 6.42. The maximum atomic E-state index is 10.9. The molecule has 132 valence electrons. The minimum absolute atomic E-state index is 0.0976. The van der Waals surface area contributed by atoms with Gasteiger partial charge >= 0.3 is 5.97 Å². The zero-order chi connectivity index (χ0) is 18.0. The first kappa shape index (κ1) is 17.2. The first-order valence-corrected chi connectivity index (χ1v) is 8.26. The van der Waals surface area contributed by atoms with Gasteiger partial charge in [-0.15, -0.1) is 0 Å². The van der Waals surface area contributed by atoms with E-state index in [4.69, 9.17) is 5.11 Å². The van der Waals surface area contributed by atoms with Crippen molar-refractivity contribution in [3.05, 3.63) is 46.8 Å². The maximum absolute atomic E-state index is 10.9. The van der Waals surface area contributed by atoms with Crippen molar-refractivity contribution in [2.75, 3.05) is 31.1 Å². The SMILES string of the molecule is Cc1cc(CN2CCN(c3ncc(C(=O)O)cn3)CC2)cc(C)c1O. The number of carbonyl (C=O) groups is 1. The molecule has 7 nitrogen and oxygen atoms in total. The van der Waals surface area contributed by atoms with Crippen LogP contribution in [0.5, 0.6) is 5.75 Å². The molecule has 0 atom stereocenters. The molecule has 1 saturated heterocycles. The Hall–Kier alpha value is -2.67. The number of anilines is 1. The third kappa shape index (κ3) is 3.88. The van der Waals surface area contributed by atoms with Gasteiger partial charge in [0.25, 0.3) is 0 Å². The lowest BCUT2D eigenvalue weighted by Gasteiger charge is -2.34. The molecule has 7 heteroatoms. The highest BCUT2D eigenvalue weighted by atomic mass is 16.4. The van der Waals surface area contributed by atoms with Gasteiger partial charge in [-0.05, 0) is 30.5 Å². The lowest BCUT2D eigenvalue weighted by molar-refractivity contribution is 0.0696. The number of aromatic carboxylic acids is 1.